The monoisotopic (exact) mass is 349 g/mol. The minimum Gasteiger partial charge on any atom is -0.506 e. The fraction of sp³-hybridized carbons (Fsp3) is 0.273. The van der Waals surface area contributed by atoms with Gasteiger partial charge in [-0.05, 0) is 24.6 Å². The summed E-state index contributed by atoms with van der Waals surface area (Å²) in [6, 6.07) is 4.01. The Kier molecular flexibility index (Phi) is 4.22. The highest BCUT2D eigenvalue weighted by Crippen LogP contribution is 2.32. The number of rotatable bonds is 5. The van der Waals surface area contributed by atoms with Gasteiger partial charge in [0.2, 0.25) is 15.9 Å². The maximum absolute atomic E-state index is 11.7. The molecule has 2 rings (SSSR count). The second-order valence-electron chi connectivity index (χ2n) is 4.46. The molecule has 1 heterocycles. The number of hydrogen-bond donors (Lipinski definition) is 4. The van der Waals surface area contributed by atoms with E-state index in [1.165, 1.54) is 25.1 Å². The van der Waals surface area contributed by atoms with Crippen molar-refractivity contribution < 1.29 is 27.0 Å². The molecule has 1 aliphatic heterocycles. The van der Waals surface area contributed by atoms with Gasteiger partial charge in [-0.15, -0.1) is 0 Å². The summed E-state index contributed by atoms with van der Waals surface area (Å²) < 4.78 is 51.0. The first-order valence-corrected chi connectivity index (χ1v) is 9.26. The van der Waals surface area contributed by atoms with Gasteiger partial charge in [-0.3, -0.25) is 0 Å². The van der Waals surface area contributed by atoms with Crippen LogP contribution in [-0.2, 0) is 26.8 Å². The number of hydrogen-bond acceptors (Lipinski definition) is 6. The molecular formula is C11H15N3O6S2. The maximum atomic E-state index is 11.7. The smallest absolute Gasteiger partial charge is 0.330 e. The van der Waals surface area contributed by atoms with Gasteiger partial charge in [-0.25, -0.2) is 22.2 Å². The standard InChI is InChI=1S/C11H15N3O6S2/c1-2-21(17,18)12-6-8-3-4-9(10(15)5-8)14-7-11(16)13-22(14,19)20/h3-5,7,12-13,15-16H,2,6H2,1H3. The summed E-state index contributed by atoms with van der Waals surface area (Å²) in [6.07, 6.45) is 0.907. The highest BCUT2D eigenvalue weighted by molar-refractivity contribution is 7.91. The van der Waals surface area contributed by atoms with Crippen LogP contribution in [0.4, 0.5) is 5.69 Å². The summed E-state index contributed by atoms with van der Waals surface area (Å²) in [5, 5.41) is 19.1. The molecule has 0 aromatic heterocycles. The Morgan fingerprint density at radius 3 is 2.50 bits per heavy atom. The number of nitrogens with zero attached hydrogens (tertiary/aromatic N) is 1. The van der Waals surface area contributed by atoms with Crippen LogP contribution in [0, 0.1) is 0 Å². The molecule has 0 spiro atoms. The molecule has 4 N–H and O–H groups in total. The number of aromatic hydroxyl groups is 1. The highest BCUT2D eigenvalue weighted by atomic mass is 32.2. The maximum Gasteiger partial charge on any atom is 0.330 e. The molecule has 0 saturated heterocycles. The number of sulfonamides is 1. The number of phenolic OH excluding ortho intramolecular Hbond substituents is 1. The Bertz CT molecular complexity index is 816. The molecule has 0 unspecified atom stereocenters. The Morgan fingerprint density at radius 2 is 2.00 bits per heavy atom. The molecule has 0 atom stereocenters. The van der Waals surface area contributed by atoms with Crippen molar-refractivity contribution >= 4 is 25.9 Å². The largest absolute Gasteiger partial charge is 0.506 e. The third-order valence-corrected chi connectivity index (χ3v) is 5.52. The van der Waals surface area contributed by atoms with Crippen LogP contribution in [0.3, 0.4) is 0 Å². The van der Waals surface area contributed by atoms with Crippen LogP contribution in [0.5, 0.6) is 5.75 Å². The summed E-state index contributed by atoms with van der Waals surface area (Å²) in [4.78, 5) is 0. The Hall–Kier alpha value is -1.98. The first kappa shape index (κ1) is 16.4. The van der Waals surface area contributed by atoms with Crippen LogP contribution in [-0.4, -0.2) is 32.8 Å². The van der Waals surface area contributed by atoms with Crippen LogP contribution >= 0.6 is 0 Å². The zero-order valence-electron chi connectivity index (χ0n) is 11.5. The Labute approximate surface area is 128 Å². The Morgan fingerprint density at radius 1 is 1.32 bits per heavy atom. The van der Waals surface area contributed by atoms with Gasteiger partial charge < -0.3 is 10.2 Å². The summed E-state index contributed by atoms with van der Waals surface area (Å²) in [5.74, 6) is -1.01. The number of anilines is 1. The number of nitrogens with one attached hydrogen (secondary N) is 2. The molecule has 122 valence electrons. The van der Waals surface area contributed by atoms with Gasteiger partial charge in [0.05, 0.1) is 12.0 Å². The van der Waals surface area contributed by atoms with Gasteiger partial charge >= 0.3 is 10.2 Å². The third-order valence-electron chi connectivity index (χ3n) is 2.89. The molecule has 0 aliphatic carbocycles. The van der Waals surface area contributed by atoms with Gasteiger partial charge in [0.15, 0.2) is 0 Å². The second kappa shape index (κ2) is 5.66. The molecule has 0 radical (unpaired) electrons. The van der Waals surface area contributed by atoms with E-state index in [0.717, 1.165) is 6.20 Å². The molecule has 1 aromatic carbocycles. The van der Waals surface area contributed by atoms with Crippen LogP contribution < -0.4 is 13.7 Å². The second-order valence-corrected chi connectivity index (χ2v) is 8.11. The van der Waals surface area contributed by atoms with Crippen LogP contribution in [0.2, 0.25) is 0 Å². The van der Waals surface area contributed by atoms with Crippen molar-refractivity contribution in [1.29, 1.82) is 0 Å². The van der Waals surface area contributed by atoms with Crippen LogP contribution in [0.1, 0.15) is 12.5 Å². The van der Waals surface area contributed by atoms with Gasteiger partial charge in [-0.2, -0.15) is 8.42 Å². The van der Waals surface area contributed by atoms with E-state index in [1.807, 2.05) is 4.72 Å². The average molecular weight is 349 g/mol. The molecule has 9 nitrogen and oxygen atoms in total. The van der Waals surface area contributed by atoms with Crippen LogP contribution in [0.25, 0.3) is 0 Å². The van der Waals surface area contributed by atoms with E-state index in [9.17, 15) is 27.0 Å². The lowest BCUT2D eigenvalue weighted by atomic mass is 10.2. The SMILES string of the molecule is CCS(=O)(=O)NCc1ccc(N2C=C(O)NS2(=O)=O)c(O)c1. The molecule has 1 aliphatic rings. The normalized spacial score (nSPS) is 17.1. The van der Waals surface area contributed by atoms with E-state index in [-0.39, 0.29) is 23.7 Å². The molecule has 0 bridgehead atoms. The van der Waals surface area contributed by atoms with E-state index >= 15 is 0 Å². The number of benzene rings is 1. The van der Waals surface area contributed by atoms with E-state index < -0.39 is 26.1 Å². The number of aliphatic hydroxyl groups excluding tert-OH is 1. The minimum atomic E-state index is -3.99. The summed E-state index contributed by atoms with van der Waals surface area (Å²) >= 11 is 0. The van der Waals surface area contributed by atoms with Crippen molar-refractivity contribution in [3.05, 3.63) is 35.8 Å². The molecule has 11 heteroatoms. The molecule has 0 amide bonds. The number of phenols is 1. The first-order valence-electron chi connectivity index (χ1n) is 6.17. The number of aliphatic hydroxyl groups is 1. The third kappa shape index (κ3) is 3.43. The lowest BCUT2D eigenvalue weighted by Gasteiger charge is -2.16. The van der Waals surface area contributed by atoms with Gasteiger partial charge in [0.25, 0.3) is 0 Å². The predicted molar refractivity (Wildman–Crippen MR) is 79.7 cm³/mol. The van der Waals surface area contributed by atoms with E-state index in [4.69, 9.17) is 0 Å². The van der Waals surface area contributed by atoms with Crippen molar-refractivity contribution in [2.75, 3.05) is 10.1 Å². The summed E-state index contributed by atoms with van der Waals surface area (Å²) in [5.41, 5.74) is 0.384. The summed E-state index contributed by atoms with van der Waals surface area (Å²) in [7, 11) is -7.37. The topological polar surface area (TPSA) is 136 Å². The Balaban J connectivity index is 2.24. The quantitative estimate of drug-likeness (QED) is 0.583. The fourth-order valence-corrected chi connectivity index (χ4v) is 3.41. The molecule has 0 saturated carbocycles. The zero-order valence-corrected chi connectivity index (χ0v) is 13.1. The minimum absolute atomic E-state index is 0.0316. The van der Waals surface area contributed by atoms with Crippen molar-refractivity contribution in [1.82, 2.24) is 9.44 Å². The molecule has 22 heavy (non-hydrogen) atoms. The van der Waals surface area contributed by atoms with Crippen LogP contribution in [0.15, 0.2) is 30.3 Å². The fourth-order valence-electron chi connectivity index (χ4n) is 1.75. The van der Waals surface area contributed by atoms with Gasteiger partial charge in [-0.1, -0.05) is 6.07 Å². The first-order chi connectivity index (χ1) is 10.1. The average Bonchev–Trinajstić information content (AvgIpc) is 2.69. The predicted octanol–water partition coefficient (Wildman–Crippen LogP) is -0.157. The molecule has 1 aromatic rings. The zero-order chi connectivity index (χ0) is 16.5. The summed E-state index contributed by atoms with van der Waals surface area (Å²) in [6.45, 7) is 1.46. The molecular weight excluding hydrogens is 334 g/mol. The van der Waals surface area contributed by atoms with Crippen molar-refractivity contribution in [2.24, 2.45) is 0 Å². The lowest BCUT2D eigenvalue weighted by molar-refractivity contribution is 0.392. The van der Waals surface area contributed by atoms with Gasteiger partial charge in [0, 0.05) is 6.54 Å². The highest BCUT2D eigenvalue weighted by Gasteiger charge is 2.30. The lowest BCUT2D eigenvalue weighted by Crippen LogP contribution is -2.29. The van der Waals surface area contributed by atoms with Crippen molar-refractivity contribution in [3.8, 4) is 5.75 Å². The van der Waals surface area contributed by atoms with Crippen molar-refractivity contribution in [2.45, 2.75) is 13.5 Å². The van der Waals surface area contributed by atoms with Gasteiger partial charge in [0.1, 0.15) is 11.4 Å². The van der Waals surface area contributed by atoms with E-state index in [0.29, 0.717) is 9.87 Å². The molecule has 0 fully saturated rings. The van der Waals surface area contributed by atoms with E-state index in [1.54, 1.807) is 0 Å². The van der Waals surface area contributed by atoms with Crippen molar-refractivity contribution in [3.63, 3.8) is 0 Å². The van der Waals surface area contributed by atoms with E-state index in [2.05, 4.69) is 4.72 Å².